The fourth-order valence-corrected chi connectivity index (χ4v) is 3.79. The van der Waals surface area contributed by atoms with Gasteiger partial charge in [0.25, 0.3) is 0 Å². The molecule has 0 radical (unpaired) electrons. The molecule has 1 heterocycles. The molecule has 0 aliphatic rings. The lowest BCUT2D eigenvalue weighted by Crippen LogP contribution is -2.21. The van der Waals surface area contributed by atoms with Gasteiger partial charge in [-0.2, -0.15) is 0 Å². The maximum Gasteiger partial charge on any atom is 0.0888 e. The van der Waals surface area contributed by atoms with Gasteiger partial charge in [0.2, 0.25) is 0 Å². The predicted molar refractivity (Wildman–Crippen MR) is 83.7 cm³/mol. The summed E-state index contributed by atoms with van der Waals surface area (Å²) in [6, 6.07) is 10.8. The van der Waals surface area contributed by atoms with E-state index in [9.17, 15) is 0 Å². The van der Waals surface area contributed by atoms with Gasteiger partial charge < -0.3 is 5.32 Å². The Balaban J connectivity index is 2.39. The first-order valence-corrected chi connectivity index (χ1v) is 7.85. The highest BCUT2D eigenvalue weighted by Gasteiger charge is 2.17. The molecule has 0 fully saturated rings. The van der Waals surface area contributed by atoms with Crippen molar-refractivity contribution in [3.8, 4) is 0 Å². The Labute approximate surface area is 125 Å². The SMILES string of the molecule is CCNC(c1cccc(C)c1)c1cc(Cl)c(Br)s1. The maximum atomic E-state index is 6.13. The number of hydrogen-bond acceptors (Lipinski definition) is 2. The number of halogens is 2. The van der Waals surface area contributed by atoms with Gasteiger partial charge in [-0.1, -0.05) is 48.4 Å². The van der Waals surface area contributed by atoms with Gasteiger partial charge in [0.05, 0.1) is 14.9 Å². The molecule has 1 aromatic heterocycles. The van der Waals surface area contributed by atoms with E-state index in [4.69, 9.17) is 11.6 Å². The summed E-state index contributed by atoms with van der Waals surface area (Å²) >= 11 is 11.3. The average Bonchev–Trinajstić information content (AvgIpc) is 2.66. The van der Waals surface area contributed by atoms with Crippen LogP contribution in [0.25, 0.3) is 0 Å². The maximum absolute atomic E-state index is 6.13. The molecule has 1 atom stereocenters. The van der Waals surface area contributed by atoms with Gasteiger partial charge >= 0.3 is 0 Å². The number of hydrogen-bond donors (Lipinski definition) is 1. The minimum Gasteiger partial charge on any atom is -0.306 e. The van der Waals surface area contributed by atoms with E-state index < -0.39 is 0 Å². The highest BCUT2D eigenvalue weighted by molar-refractivity contribution is 9.11. The Hall–Kier alpha value is -0.350. The van der Waals surface area contributed by atoms with Crippen LogP contribution in [0.4, 0.5) is 0 Å². The predicted octanol–water partition coefficient (Wildman–Crippen LogP) is 5.17. The van der Waals surface area contributed by atoms with E-state index in [0.717, 1.165) is 15.4 Å². The van der Waals surface area contributed by atoms with Crippen molar-refractivity contribution in [2.24, 2.45) is 0 Å². The standard InChI is InChI=1S/C14H15BrClNS/c1-3-17-13(10-6-4-5-9(2)7-10)12-8-11(16)14(15)18-12/h4-8,13,17H,3H2,1-2H3. The van der Waals surface area contributed by atoms with Crippen LogP contribution >= 0.6 is 38.9 Å². The fourth-order valence-electron chi connectivity index (χ4n) is 1.94. The second-order valence-corrected chi connectivity index (χ2v) is 6.98. The monoisotopic (exact) mass is 343 g/mol. The topological polar surface area (TPSA) is 12.0 Å². The molecule has 2 aromatic rings. The second kappa shape index (κ2) is 6.20. The molecule has 96 valence electrons. The van der Waals surface area contributed by atoms with E-state index in [1.54, 1.807) is 11.3 Å². The van der Waals surface area contributed by atoms with Crippen LogP contribution in [0.2, 0.25) is 5.02 Å². The van der Waals surface area contributed by atoms with Gasteiger partial charge in [-0.3, -0.25) is 0 Å². The first-order chi connectivity index (χ1) is 8.61. The number of nitrogens with one attached hydrogen (secondary N) is 1. The molecule has 1 unspecified atom stereocenters. The van der Waals surface area contributed by atoms with Crippen LogP contribution in [0, 0.1) is 6.92 Å². The number of rotatable bonds is 4. The Morgan fingerprint density at radius 2 is 2.17 bits per heavy atom. The third kappa shape index (κ3) is 3.15. The van der Waals surface area contributed by atoms with Gasteiger partial charge in [0.1, 0.15) is 0 Å². The summed E-state index contributed by atoms with van der Waals surface area (Å²) in [5, 5.41) is 4.30. The Kier molecular flexibility index (Phi) is 4.84. The molecule has 18 heavy (non-hydrogen) atoms. The van der Waals surface area contributed by atoms with E-state index in [-0.39, 0.29) is 6.04 Å². The molecule has 0 saturated carbocycles. The van der Waals surface area contributed by atoms with Crippen molar-refractivity contribution in [1.29, 1.82) is 0 Å². The Morgan fingerprint density at radius 1 is 1.39 bits per heavy atom. The zero-order valence-electron chi connectivity index (χ0n) is 10.3. The van der Waals surface area contributed by atoms with Crippen LogP contribution in [0.1, 0.15) is 29.0 Å². The van der Waals surface area contributed by atoms with Crippen molar-refractivity contribution in [1.82, 2.24) is 5.32 Å². The highest BCUT2D eigenvalue weighted by atomic mass is 79.9. The third-order valence-electron chi connectivity index (χ3n) is 2.73. The summed E-state index contributed by atoms with van der Waals surface area (Å²) in [6.45, 7) is 5.16. The summed E-state index contributed by atoms with van der Waals surface area (Å²) in [5.74, 6) is 0. The Bertz CT molecular complexity index is 519. The molecule has 1 nitrogen and oxygen atoms in total. The molecule has 4 heteroatoms. The van der Waals surface area contributed by atoms with Crippen molar-refractivity contribution in [2.45, 2.75) is 19.9 Å². The summed E-state index contributed by atoms with van der Waals surface area (Å²) in [6.07, 6.45) is 0. The van der Waals surface area contributed by atoms with Gasteiger partial charge in [0.15, 0.2) is 0 Å². The van der Waals surface area contributed by atoms with Crippen molar-refractivity contribution < 1.29 is 0 Å². The van der Waals surface area contributed by atoms with E-state index in [1.807, 2.05) is 6.07 Å². The van der Waals surface area contributed by atoms with E-state index >= 15 is 0 Å². The molecule has 0 bridgehead atoms. The van der Waals surface area contributed by atoms with Gasteiger partial charge in [0, 0.05) is 4.88 Å². The average molecular weight is 345 g/mol. The molecule has 0 amide bonds. The van der Waals surface area contributed by atoms with Crippen molar-refractivity contribution in [3.05, 3.63) is 55.1 Å². The minimum atomic E-state index is 0.212. The fraction of sp³-hybridized carbons (Fsp3) is 0.286. The molecule has 0 spiro atoms. The largest absolute Gasteiger partial charge is 0.306 e. The number of aryl methyl sites for hydroxylation is 1. The minimum absolute atomic E-state index is 0.212. The smallest absolute Gasteiger partial charge is 0.0888 e. The quantitative estimate of drug-likeness (QED) is 0.806. The van der Waals surface area contributed by atoms with Crippen LogP contribution in [0.15, 0.2) is 34.1 Å². The van der Waals surface area contributed by atoms with Crippen LogP contribution in [-0.4, -0.2) is 6.54 Å². The first kappa shape index (κ1) is 14.1. The number of benzene rings is 1. The van der Waals surface area contributed by atoms with Gasteiger partial charge in [-0.25, -0.2) is 0 Å². The molecular formula is C14H15BrClNS. The highest BCUT2D eigenvalue weighted by Crippen LogP contribution is 2.37. The molecule has 0 saturated heterocycles. The normalized spacial score (nSPS) is 12.7. The summed E-state index contributed by atoms with van der Waals surface area (Å²) in [5.41, 5.74) is 2.55. The van der Waals surface area contributed by atoms with Crippen molar-refractivity contribution in [3.63, 3.8) is 0 Å². The summed E-state index contributed by atoms with van der Waals surface area (Å²) < 4.78 is 0.995. The van der Waals surface area contributed by atoms with Crippen LogP contribution in [0.5, 0.6) is 0 Å². The lowest BCUT2D eigenvalue weighted by Gasteiger charge is -2.17. The van der Waals surface area contributed by atoms with E-state index in [0.29, 0.717) is 0 Å². The lowest BCUT2D eigenvalue weighted by atomic mass is 10.0. The van der Waals surface area contributed by atoms with Gasteiger partial charge in [-0.15, -0.1) is 11.3 Å². The summed E-state index contributed by atoms with van der Waals surface area (Å²) in [4.78, 5) is 1.24. The van der Waals surface area contributed by atoms with Crippen LogP contribution < -0.4 is 5.32 Å². The lowest BCUT2D eigenvalue weighted by molar-refractivity contribution is 0.639. The number of thiophene rings is 1. The van der Waals surface area contributed by atoms with Crippen molar-refractivity contribution in [2.75, 3.05) is 6.54 Å². The van der Waals surface area contributed by atoms with E-state index in [2.05, 4.69) is 59.4 Å². The Morgan fingerprint density at radius 3 is 2.72 bits per heavy atom. The molecule has 0 aliphatic heterocycles. The molecule has 1 aromatic carbocycles. The summed E-state index contributed by atoms with van der Waals surface area (Å²) in [7, 11) is 0. The molecule has 2 rings (SSSR count). The first-order valence-electron chi connectivity index (χ1n) is 5.86. The molecular weight excluding hydrogens is 330 g/mol. The second-order valence-electron chi connectivity index (χ2n) is 4.18. The molecule has 1 N–H and O–H groups in total. The zero-order chi connectivity index (χ0) is 13.1. The zero-order valence-corrected chi connectivity index (χ0v) is 13.5. The third-order valence-corrected chi connectivity index (χ3v) is 5.27. The van der Waals surface area contributed by atoms with Crippen LogP contribution in [0.3, 0.4) is 0 Å². The van der Waals surface area contributed by atoms with E-state index in [1.165, 1.54) is 16.0 Å². The molecule has 0 aliphatic carbocycles. The van der Waals surface area contributed by atoms with Crippen LogP contribution in [-0.2, 0) is 0 Å². The van der Waals surface area contributed by atoms with Crippen molar-refractivity contribution >= 4 is 38.9 Å². The van der Waals surface area contributed by atoms with Gasteiger partial charge in [-0.05, 0) is 41.0 Å².